The molecule has 1 aromatic carbocycles. The first kappa shape index (κ1) is 18.7. The van der Waals surface area contributed by atoms with E-state index in [2.05, 4.69) is 9.67 Å². The van der Waals surface area contributed by atoms with Crippen LogP contribution in [0.3, 0.4) is 0 Å². The monoisotopic (exact) mass is 397 g/mol. The summed E-state index contributed by atoms with van der Waals surface area (Å²) < 4.78 is 3.52. The van der Waals surface area contributed by atoms with Crippen LogP contribution >= 0.6 is 11.8 Å². The number of fused-ring (bicyclic) bond motifs is 3. The normalized spacial score (nSPS) is 15.2. The molecule has 28 heavy (non-hydrogen) atoms. The molecule has 7 nitrogen and oxygen atoms in total. The Bertz CT molecular complexity index is 1030. The number of thioether (sulfide) groups is 1. The number of nitrogens with zero attached hydrogens (tertiary/aromatic N) is 4. The van der Waals surface area contributed by atoms with Gasteiger partial charge in [0.2, 0.25) is 5.91 Å². The van der Waals surface area contributed by atoms with E-state index in [1.165, 1.54) is 16.4 Å². The molecule has 0 aromatic heterocycles. The summed E-state index contributed by atoms with van der Waals surface area (Å²) in [5, 5.41) is 4.87. The van der Waals surface area contributed by atoms with Gasteiger partial charge in [-0.15, -0.1) is 5.10 Å². The average Bonchev–Trinajstić information content (AvgIpc) is 2.87. The highest BCUT2D eigenvalue weighted by molar-refractivity contribution is 8.00. The van der Waals surface area contributed by atoms with Crippen LogP contribution < -0.4 is 11.3 Å². The van der Waals surface area contributed by atoms with E-state index < -0.39 is 0 Å². The predicted molar refractivity (Wildman–Crippen MR) is 109 cm³/mol. The van der Waals surface area contributed by atoms with Crippen LogP contribution in [-0.2, 0) is 17.8 Å². The third-order valence-corrected chi connectivity index (χ3v) is 6.48. The number of hydrogen-bond donors (Lipinski definition) is 1. The molecular weight excluding hydrogens is 374 g/mol. The standard InChI is InChI=1S/C20H23N5O2S/c1-2-15(17(21)26)28-20-22-18-16(14-11-7-4-8-12-24(14)20)19(27)25(23-18)13-9-5-3-6-10-13/h3,5-6,9-10,15H,2,4,7-8,11-12H2,1H3,(H2,21,26). The molecule has 3 aliphatic heterocycles. The van der Waals surface area contributed by atoms with E-state index in [4.69, 9.17) is 10.7 Å². The lowest BCUT2D eigenvalue weighted by atomic mass is 10.1. The van der Waals surface area contributed by atoms with Crippen molar-refractivity contribution in [3.05, 3.63) is 46.4 Å². The Morgan fingerprint density at radius 1 is 1.25 bits per heavy atom. The van der Waals surface area contributed by atoms with Crippen molar-refractivity contribution in [1.29, 1.82) is 0 Å². The Labute approximate surface area is 167 Å². The van der Waals surface area contributed by atoms with Crippen LogP contribution in [0.4, 0.5) is 0 Å². The third-order valence-electron chi connectivity index (χ3n) is 5.10. The van der Waals surface area contributed by atoms with Crippen LogP contribution in [0.2, 0.25) is 0 Å². The van der Waals surface area contributed by atoms with Gasteiger partial charge in [0, 0.05) is 12.2 Å². The summed E-state index contributed by atoms with van der Waals surface area (Å²) in [5.74, 6) is 0.0838. The van der Waals surface area contributed by atoms with Crippen LogP contribution in [0.15, 0.2) is 40.3 Å². The van der Waals surface area contributed by atoms with Crippen LogP contribution in [0.5, 0.6) is 0 Å². The molecule has 1 atom stereocenters. The summed E-state index contributed by atoms with van der Waals surface area (Å²) in [5.41, 5.74) is 7.68. The first-order valence-electron chi connectivity index (χ1n) is 9.64. The highest BCUT2D eigenvalue weighted by atomic mass is 32.2. The molecule has 0 bridgehead atoms. The molecule has 4 rings (SSSR count). The van der Waals surface area contributed by atoms with Gasteiger partial charge in [-0.05, 0) is 37.8 Å². The molecule has 1 amide bonds. The molecular formula is C20H23N5O2S. The lowest BCUT2D eigenvalue weighted by Gasteiger charge is -2.19. The van der Waals surface area contributed by atoms with Crippen molar-refractivity contribution in [3.8, 4) is 17.1 Å². The van der Waals surface area contributed by atoms with Crippen LogP contribution in [0.1, 0.15) is 38.3 Å². The summed E-state index contributed by atoms with van der Waals surface area (Å²) in [7, 11) is 0. The minimum atomic E-state index is -0.354. The quantitative estimate of drug-likeness (QED) is 0.527. The molecule has 0 radical (unpaired) electrons. The van der Waals surface area contributed by atoms with Gasteiger partial charge in [-0.2, -0.15) is 4.68 Å². The Balaban J connectivity index is 1.92. The Kier molecular flexibility index (Phi) is 5.21. The largest absolute Gasteiger partial charge is 0.369 e. The highest BCUT2D eigenvalue weighted by Crippen LogP contribution is 2.32. The molecule has 3 heterocycles. The molecule has 0 saturated carbocycles. The second kappa shape index (κ2) is 7.79. The predicted octanol–water partition coefficient (Wildman–Crippen LogP) is 2.62. The second-order valence-corrected chi connectivity index (χ2v) is 8.14. The summed E-state index contributed by atoms with van der Waals surface area (Å²) in [4.78, 5) is 29.6. The lowest BCUT2D eigenvalue weighted by molar-refractivity contribution is -0.117. The van der Waals surface area contributed by atoms with Crippen molar-refractivity contribution >= 4 is 17.7 Å². The topological polar surface area (TPSA) is 95.8 Å². The minimum Gasteiger partial charge on any atom is -0.369 e. The van der Waals surface area contributed by atoms with E-state index in [0.29, 0.717) is 23.0 Å². The van der Waals surface area contributed by atoms with E-state index >= 15 is 0 Å². The molecule has 2 N–H and O–H groups in total. The Morgan fingerprint density at radius 2 is 2.04 bits per heavy atom. The summed E-state index contributed by atoms with van der Waals surface area (Å²) in [6.45, 7) is 2.72. The molecule has 3 aliphatic rings. The first-order valence-corrected chi connectivity index (χ1v) is 10.5. The number of nitrogens with two attached hydrogens (primary N) is 1. The van der Waals surface area contributed by atoms with Crippen molar-refractivity contribution < 1.29 is 4.79 Å². The van der Waals surface area contributed by atoms with E-state index in [1.54, 1.807) is 0 Å². The van der Waals surface area contributed by atoms with Crippen LogP contribution in [0.25, 0.3) is 17.1 Å². The zero-order valence-corrected chi connectivity index (χ0v) is 16.6. The van der Waals surface area contributed by atoms with Crippen LogP contribution in [-0.4, -0.2) is 30.5 Å². The number of carbonyl (C=O) groups is 1. The van der Waals surface area contributed by atoms with Gasteiger partial charge in [0.1, 0.15) is 5.56 Å². The molecule has 146 valence electrons. The van der Waals surface area contributed by atoms with Gasteiger partial charge in [-0.25, -0.2) is 4.98 Å². The number of rotatable bonds is 5. The van der Waals surface area contributed by atoms with Crippen molar-refractivity contribution in [2.24, 2.45) is 5.73 Å². The molecule has 1 aromatic rings. The number of hydrogen-bond acceptors (Lipinski definition) is 5. The second-order valence-electron chi connectivity index (χ2n) is 6.97. The SMILES string of the molecule is CCC(Sc1nc2nn(-c3ccccc3)c(=O)c-2c2n1CCCCC2)C(N)=O. The number of carbonyl (C=O) groups excluding carboxylic acids is 1. The van der Waals surface area contributed by atoms with E-state index in [1.807, 2.05) is 37.3 Å². The molecule has 0 spiro atoms. The van der Waals surface area contributed by atoms with Gasteiger partial charge in [0.05, 0.1) is 10.9 Å². The number of aromatic nitrogens is 4. The maximum atomic E-state index is 13.2. The van der Waals surface area contributed by atoms with Gasteiger partial charge >= 0.3 is 0 Å². The maximum absolute atomic E-state index is 13.2. The Hall–Kier alpha value is -2.61. The number of amides is 1. The molecule has 8 heteroatoms. The molecule has 0 aliphatic carbocycles. The van der Waals surface area contributed by atoms with Gasteiger partial charge in [-0.1, -0.05) is 43.3 Å². The first-order chi connectivity index (χ1) is 13.6. The fourth-order valence-electron chi connectivity index (χ4n) is 3.66. The molecule has 0 saturated heterocycles. The van der Waals surface area contributed by atoms with Crippen LogP contribution in [0, 0.1) is 0 Å². The summed E-state index contributed by atoms with van der Waals surface area (Å²) in [6.07, 6.45) is 4.57. The number of benzene rings is 1. The van der Waals surface area contributed by atoms with Crippen molar-refractivity contribution in [3.63, 3.8) is 0 Å². The third kappa shape index (κ3) is 3.32. The smallest absolute Gasteiger partial charge is 0.284 e. The zero-order chi connectivity index (χ0) is 19.7. The number of para-hydroxylation sites is 1. The van der Waals surface area contributed by atoms with Gasteiger partial charge < -0.3 is 10.3 Å². The fourth-order valence-corrected chi connectivity index (χ4v) is 4.66. The zero-order valence-electron chi connectivity index (χ0n) is 15.8. The molecule has 1 unspecified atom stereocenters. The lowest BCUT2D eigenvalue weighted by Crippen LogP contribution is -2.26. The average molecular weight is 398 g/mol. The van der Waals surface area contributed by atoms with Gasteiger partial charge in [-0.3, -0.25) is 9.59 Å². The Morgan fingerprint density at radius 3 is 2.75 bits per heavy atom. The van der Waals surface area contributed by atoms with E-state index in [0.717, 1.165) is 43.6 Å². The fraction of sp³-hybridized carbons (Fsp3) is 0.400. The van der Waals surface area contributed by atoms with E-state index in [-0.39, 0.29) is 16.7 Å². The van der Waals surface area contributed by atoms with Gasteiger partial charge in [0.25, 0.3) is 5.56 Å². The minimum absolute atomic E-state index is 0.141. The van der Waals surface area contributed by atoms with Crippen molar-refractivity contribution in [2.45, 2.75) is 56.0 Å². The van der Waals surface area contributed by atoms with Gasteiger partial charge in [0.15, 0.2) is 11.0 Å². The van der Waals surface area contributed by atoms with E-state index in [9.17, 15) is 9.59 Å². The van der Waals surface area contributed by atoms with Crippen molar-refractivity contribution in [1.82, 2.24) is 19.3 Å². The highest BCUT2D eigenvalue weighted by Gasteiger charge is 2.28. The maximum Gasteiger partial charge on any atom is 0.284 e. The summed E-state index contributed by atoms with van der Waals surface area (Å²) >= 11 is 1.37. The van der Waals surface area contributed by atoms with Crippen molar-refractivity contribution in [2.75, 3.05) is 0 Å². The number of primary amides is 1. The summed E-state index contributed by atoms with van der Waals surface area (Å²) in [6, 6.07) is 9.37. The molecule has 0 fully saturated rings.